The first-order chi connectivity index (χ1) is 8.31. The van der Waals surface area contributed by atoms with E-state index in [1.165, 1.54) is 4.68 Å². The van der Waals surface area contributed by atoms with Crippen LogP contribution < -0.4 is 10.5 Å². The maximum atomic E-state index is 11.8. The highest BCUT2D eigenvalue weighted by Gasteiger charge is 2.12. The zero-order valence-corrected chi connectivity index (χ0v) is 10.4. The maximum Gasteiger partial charge on any atom is 0.268 e. The molecule has 0 unspecified atom stereocenters. The van der Waals surface area contributed by atoms with Crippen LogP contribution in [0.1, 0.15) is 6.42 Å². The van der Waals surface area contributed by atoms with Crippen LogP contribution in [0.25, 0.3) is 0 Å². The zero-order chi connectivity index (χ0) is 12.1. The molecule has 1 fully saturated rings. The fourth-order valence-corrected chi connectivity index (χ4v) is 1.92. The third kappa shape index (κ3) is 3.20. The van der Waals surface area contributed by atoms with E-state index in [0.717, 1.165) is 25.2 Å². The minimum atomic E-state index is -0.0703. The second-order valence-corrected chi connectivity index (χ2v) is 4.30. The van der Waals surface area contributed by atoms with E-state index < -0.39 is 0 Å². The molecule has 0 aliphatic carbocycles. The third-order valence-corrected chi connectivity index (χ3v) is 3.00. The Morgan fingerprint density at radius 1 is 1.41 bits per heavy atom. The molecule has 1 aliphatic rings. The van der Waals surface area contributed by atoms with Crippen LogP contribution >= 0.6 is 11.6 Å². The Morgan fingerprint density at radius 2 is 2.18 bits per heavy atom. The summed E-state index contributed by atoms with van der Waals surface area (Å²) in [6.07, 6.45) is 2.49. The fraction of sp³-hybridized carbons (Fsp3) is 0.636. The highest BCUT2D eigenvalue weighted by Crippen LogP contribution is 2.11. The van der Waals surface area contributed by atoms with E-state index in [1.54, 1.807) is 12.3 Å². The van der Waals surface area contributed by atoms with E-state index in [9.17, 15) is 4.79 Å². The van der Waals surface area contributed by atoms with E-state index in [-0.39, 0.29) is 5.56 Å². The first-order valence-corrected chi connectivity index (χ1v) is 6.30. The van der Waals surface area contributed by atoms with E-state index >= 15 is 0 Å². The number of aryl methyl sites for hydroxylation is 1. The van der Waals surface area contributed by atoms with Crippen molar-refractivity contribution in [2.45, 2.75) is 13.0 Å². The molecule has 0 amide bonds. The molecule has 0 aromatic carbocycles. The van der Waals surface area contributed by atoms with Crippen LogP contribution in [-0.4, -0.2) is 42.0 Å². The van der Waals surface area contributed by atoms with Crippen molar-refractivity contribution in [1.29, 1.82) is 0 Å². The second-order valence-electron chi connectivity index (χ2n) is 3.92. The Balaban J connectivity index is 2.09. The van der Waals surface area contributed by atoms with E-state index in [1.807, 2.05) is 0 Å². The number of nitrogens with zero attached hydrogens (tertiary/aromatic N) is 3. The van der Waals surface area contributed by atoms with Crippen LogP contribution in [0.2, 0.25) is 0 Å². The number of anilines is 1. The molecule has 94 valence electrons. The lowest BCUT2D eigenvalue weighted by Crippen LogP contribution is -2.37. The highest BCUT2D eigenvalue weighted by atomic mass is 35.5. The van der Waals surface area contributed by atoms with Gasteiger partial charge in [-0.2, -0.15) is 5.10 Å². The van der Waals surface area contributed by atoms with Crippen molar-refractivity contribution in [3.05, 3.63) is 22.6 Å². The van der Waals surface area contributed by atoms with Crippen LogP contribution in [-0.2, 0) is 11.3 Å². The highest BCUT2D eigenvalue weighted by molar-refractivity contribution is 6.17. The molecule has 5 nitrogen and oxygen atoms in total. The molecule has 0 atom stereocenters. The van der Waals surface area contributed by atoms with Gasteiger partial charge in [-0.05, 0) is 6.42 Å². The number of halogens is 1. The Morgan fingerprint density at radius 3 is 2.82 bits per heavy atom. The van der Waals surface area contributed by atoms with Crippen molar-refractivity contribution in [2.24, 2.45) is 0 Å². The number of hydrogen-bond acceptors (Lipinski definition) is 4. The van der Waals surface area contributed by atoms with Crippen LogP contribution in [0.5, 0.6) is 0 Å². The minimum Gasteiger partial charge on any atom is -0.378 e. The fourth-order valence-electron chi connectivity index (χ4n) is 1.80. The summed E-state index contributed by atoms with van der Waals surface area (Å²) >= 11 is 5.59. The molecular formula is C11H16ClN3O2. The normalized spacial score (nSPS) is 16.2. The second kappa shape index (κ2) is 6.02. The average molecular weight is 258 g/mol. The molecule has 1 aromatic rings. The van der Waals surface area contributed by atoms with Crippen molar-refractivity contribution < 1.29 is 4.74 Å². The molecule has 0 N–H and O–H groups in total. The lowest BCUT2D eigenvalue weighted by atomic mass is 10.3. The number of rotatable bonds is 4. The summed E-state index contributed by atoms with van der Waals surface area (Å²) in [7, 11) is 0. The largest absolute Gasteiger partial charge is 0.378 e. The predicted octanol–water partition coefficient (Wildman–Crippen LogP) is 0.709. The quantitative estimate of drug-likeness (QED) is 0.746. The standard InChI is InChI=1S/C11H16ClN3O2/c12-2-1-3-15-11(16)8-10(9-13-15)14-4-6-17-7-5-14/h8-9H,1-7H2. The van der Waals surface area contributed by atoms with Crippen molar-refractivity contribution in [1.82, 2.24) is 9.78 Å². The van der Waals surface area contributed by atoms with Gasteiger partial charge in [0.05, 0.1) is 25.1 Å². The molecule has 0 spiro atoms. The van der Waals surface area contributed by atoms with Gasteiger partial charge in [-0.3, -0.25) is 4.79 Å². The summed E-state index contributed by atoms with van der Waals surface area (Å²) in [5.41, 5.74) is 0.805. The van der Waals surface area contributed by atoms with Crippen LogP contribution in [0.15, 0.2) is 17.1 Å². The molecular weight excluding hydrogens is 242 g/mol. The first kappa shape index (κ1) is 12.4. The van der Waals surface area contributed by atoms with E-state index in [0.29, 0.717) is 25.6 Å². The van der Waals surface area contributed by atoms with Gasteiger partial charge in [0.25, 0.3) is 5.56 Å². The molecule has 0 saturated carbocycles. The van der Waals surface area contributed by atoms with Crippen molar-refractivity contribution in [3.63, 3.8) is 0 Å². The molecule has 0 bridgehead atoms. The third-order valence-electron chi connectivity index (χ3n) is 2.73. The molecule has 1 aliphatic heterocycles. The molecule has 1 aromatic heterocycles. The van der Waals surface area contributed by atoms with Gasteiger partial charge in [0, 0.05) is 31.6 Å². The van der Waals surface area contributed by atoms with Crippen LogP contribution in [0.3, 0.4) is 0 Å². The topological polar surface area (TPSA) is 47.4 Å². The average Bonchev–Trinajstić information content (AvgIpc) is 2.38. The van der Waals surface area contributed by atoms with E-state index in [2.05, 4.69) is 10.00 Å². The smallest absolute Gasteiger partial charge is 0.268 e. The monoisotopic (exact) mass is 257 g/mol. The lowest BCUT2D eigenvalue weighted by molar-refractivity contribution is 0.122. The molecule has 0 radical (unpaired) electrons. The minimum absolute atomic E-state index is 0.0703. The summed E-state index contributed by atoms with van der Waals surface area (Å²) in [6, 6.07) is 1.63. The van der Waals surface area contributed by atoms with Crippen molar-refractivity contribution in [3.8, 4) is 0 Å². The number of ether oxygens (including phenoxy) is 1. The Kier molecular flexibility index (Phi) is 4.39. The number of hydrogen-bond donors (Lipinski definition) is 0. The van der Waals surface area contributed by atoms with Gasteiger partial charge in [0.15, 0.2) is 0 Å². The summed E-state index contributed by atoms with van der Waals surface area (Å²) in [6.45, 7) is 3.61. The van der Waals surface area contributed by atoms with Gasteiger partial charge in [0.2, 0.25) is 0 Å². The van der Waals surface area contributed by atoms with E-state index in [4.69, 9.17) is 16.3 Å². The predicted molar refractivity (Wildman–Crippen MR) is 66.9 cm³/mol. The van der Waals surface area contributed by atoms with Crippen molar-refractivity contribution in [2.75, 3.05) is 37.1 Å². The van der Waals surface area contributed by atoms with Gasteiger partial charge >= 0.3 is 0 Å². The molecule has 2 rings (SSSR count). The first-order valence-electron chi connectivity index (χ1n) is 5.77. The summed E-state index contributed by atoms with van der Waals surface area (Å²) in [5, 5.41) is 4.15. The summed E-state index contributed by atoms with van der Waals surface area (Å²) in [5.74, 6) is 0.541. The number of morpholine rings is 1. The van der Waals surface area contributed by atoms with Gasteiger partial charge in [-0.25, -0.2) is 4.68 Å². The molecule has 6 heteroatoms. The molecule has 1 saturated heterocycles. The van der Waals surface area contributed by atoms with Gasteiger partial charge in [-0.1, -0.05) is 0 Å². The summed E-state index contributed by atoms with van der Waals surface area (Å²) < 4.78 is 6.72. The molecule has 17 heavy (non-hydrogen) atoms. The van der Waals surface area contributed by atoms with Crippen LogP contribution in [0, 0.1) is 0 Å². The van der Waals surface area contributed by atoms with Gasteiger partial charge in [-0.15, -0.1) is 11.6 Å². The Labute approximate surface area is 105 Å². The zero-order valence-electron chi connectivity index (χ0n) is 9.64. The SMILES string of the molecule is O=c1cc(N2CCOCC2)cnn1CCCCl. The number of aromatic nitrogens is 2. The number of alkyl halides is 1. The van der Waals surface area contributed by atoms with Gasteiger partial charge < -0.3 is 9.64 Å². The lowest BCUT2D eigenvalue weighted by Gasteiger charge is -2.28. The summed E-state index contributed by atoms with van der Waals surface area (Å²) in [4.78, 5) is 13.9. The Hall–Kier alpha value is -1.07. The maximum absolute atomic E-state index is 11.8. The molecule has 2 heterocycles. The van der Waals surface area contributed by atoms with Crippen LogP contribution in [0.4, 0.5) is 5.69 Å². The Bertz CT molecular complexity index is 415. The van der Waals surface area contributed by atoms with Gasteiger partial charge in [0.1, 0.15) is 0 Å². The van der Waals surface area contributed by atoms with Crippen molar-refractivity contribution >= 4 is 17.3 Å².